The van der Waals surface area contributed by atoms with Crippen molar-refractivity contribution in [2.75, 3.05) is 20.2 Å². The monoisotopic (exact) mass is 353 g/mol. The molecule has 1 aliphatic rings. The van der Waals surface area contributed by atoms with Crippen molar-refractivity contribution in [3.63, 3.8) is 0 Å². The van der Waals surface area contributed by atoms with Gasteiger partial charge in [0.1, 0.15) is 6.61 Å². The van der Waals surface area contributed by atoms with Crippen molar-refractivity contribution in [2.24, 2.45) is 11.8 Å². The Morgan fingerprint density at radius 3 is 2.38 bits per heavy atom. The van der Waals surface area contributed by atoms with Crippen LogP contribution in [-0.4, -0.2) is 31.0 Å². The molecule has 0 N–H and O–H groups in total. The van der Waals surface area contributed by atoms with Gasteiger partial charge in [0.25, 0.3) is 5.91 Å². The number of methoxy groups -OCH3 is 1. The van der Waals surface area contributed by atoms with Crippen LogP contribution in [0, 0.1) is 11.8 Å². The third kappa shape index (κ3) is 4.37. The number of hydrogen-bond donors (Lipinski definition) is 0. The van der Waals surface area contributed by atoms with Crippen molar-refractivity contribution in [2.45, 2.75) is 26.9 Å². The van der Waals surface area contributed by atoms with Crippen molar-refractivity contribution in [1.29, 1.82) is 0 Å². The molecule has 0 spiro atoms. The van der Waals surface area contributed by atoms with Crippen LogP contribution < -0.4 is 9.47 Å². The quantitative estimate of drug-likeness (QED) is 0.800. The predicted molar refractivity (Wildman–Crippen MR) is 103 cm³/mol. The van der Waals surface area contributed by atoms with Gasteiger partial charge < -0.3 is 14.4 Å². The molecule has 4 nitrogen and oxygen atoms in total. The molecular weight excluding hydrogens is 326 g/mol. The summed E-state index contributed by atoms with van der Waals surface area (Å²) in [6, 6.07) is 15.4. The Morgan fingerprint density at radius 1 is 1.04 bits per heavy atom. The highest BCUT2D eigenvalue weighted by Gasteiger charge is 2.26. The number of piperidine rings is 1. The van der Waals surface area contributed by atoms with E-state index in [1.54, 1.807) is 13.2 Å². The molecule has 26 heavy (non-hydrogen) atoms. The Hall–Kier alpha value is -2.49. The molecule has 1 aliphatic heterocycles. The van der Waals surface area contributed by atoms with Gasteiger partial charge in [0.2, 0.25) is 0 Å². The van der Waals surface area contributed by atoms with Crippen LogP contribution in [0.1, 0.15) is 36.2 Å². The Kier molecular flexibility index (Phi) is 5.82. The highest BCUT2D eigenvalue weighted by Crippen LogP contribution is 2.30. The fraction of sp³-hybridized carbons (Fsp3) is 0.409. The van der Waals surface area contributed by atoms with Gasteiger partial charge >= 0.3 is 0 Å². The minimum absolute atomic E-state index is 0.0660. The normalized spacial score (nSPS) is 19.9. The van der Waals surface area contributed by atoms with Gasteiger partial charge in [0, 0.05) is 18.7 Å². The van der Waals surface area contributed by atoms with Crippen LogP contribution in [0.4, 0.5) is 0 Å². The van der Waals surface area contributed by atoms with E-state index in [9.17, 15) is 4.79 Å². The van der Waals surface area contributed by atoms with Crippen molar-refractivity contribution in [1.82, 2.24) is 4.90 Å². The van der Waals surface area contributed by atoms with Gasteiger partial charge in [-0.15, -0.1) is 0 Å². The van der Waals surface area contributed by atoms with Crippen LogP contribution in [0.2, 0.25) is 0 Å². The Labute approximate surface area is 155 Å². The summed E-state index contributed by atoms with van der Waals surface area (Å²) in [7, 11) is 1.60. The van der Waals surface area contributed by atoms with E-state index >= 15 is 0 Å². The highest BCUT2D eigenvalue weighted by atomic mass is 16.5. The molecule has 1 heterocycles. The zero-order chi connectivity index (χ0) is 18.5. The number of benzene rings is 2. The second-order valence-corrected chi connectivity index (χ2v) is 7.30. The lowest BCUT2D eigenvalue weighted by Gasteiger charge is -2.35. The summed E-state index contributed by atoms with van der Waals surface area (Å²) in [6.07, 6.45) is 1.18. The zero-order valence-electron chi connectivity index (χ0n) is 15.8. The first-order chi connectivity index (χ1) is 12.6. The van der Waals surface area contributed by atoms with E-state index in [0.717, 1.165) is 18.7 Å². The van der Waals surface area contributed by atoms with Crippen LogP contribution in [0.5, 0.6) is 11.5 Å². The number of nitrogens with zero attached hydrogens (tertiary/aromatic N) is 1. The van der Waals surface area contributed by atoms with Crippen molar-refractivity contribution < 1.29 is 14.3 Å². The number of carbonyl (C=O) groups is 1. The summed E-state index contributed by atoms with van der Waals surface area (Å²) >= 11 is 0. The molecule has 0 bridgehead atoms. The zero-order valence-corrected chi connectivity index (χ0v) is 15.8. The van der Waals surface area contributed by atoms with E-state index in [1.165, 1.54) is 6.42 Å². The molecule has 2 aromatic carbocycles. The van der Waals surface area contributed by atoms with Crippen LogP contribution in [0.3, 0.4) is 0 Å². The third-order valence-corrected chi connectivity index (χ3v) is 4.80. The molecule has 0 aliphatic carbocycles. The smallest absolute Gasteiger partial charge is 0.254 e. The maximum absolute atomic E-state index is 12.9. The first kappa shape index (κ1) is 18.3. The molecule has 1 amide bonds. The molecule has 1 fully saturated rings. The van der Waals surface area contributed by atoms with Gasteiger partial charge in [0.05, 0.1) is 7.11 Å². The standard InChI is InChI=1S/C22H27NO3/c1-16-11-17(2)14-23(13-16)22(24)19-9-10-20(21(12-19)25-3)26-15-18-7-5-4-6-8-18/h4-10,12,16-17H,11,13-15H2,1-3H3/t16-,17-/m0/s1. The maximum atomic E-state index is 12.9. The van der Waals surface area contributed by atoms with Crippen LogP contribution in [0.15, 0.2) is 48.5 Å². The van der Waals surface area contributed by atoms with Gasteiger partial charge in [-0.25, -0.2) is 0 Å². The largest absolute Gasteiger partial charge is 0.493 e. The van der Waals surface area contributed by atoms with E-state index in [4.69, 9.17) is 9.47 Å². The van der Waals surface area contributed by atoms with Gasteiger partial charge in [0.15, 0.2) is 11.5 Å². The second kappa shape index (κ2) is 8.26. The SMILES string of the molecule is COc1cc(C(=O)N2C[C@@H](C)C[C@H](C)C2)ccc1OCc1ccccc1. The number of rotatable bonds is 5. The summed E-state index contributed by atoms with van der Waals surface area (Å²) in [4.78, 5) is 14.8. The molecule has 0 unspecified atom stereocenters. The van der Waals surface area contributed by atoms with E-state index < -0.39 is 0 Å². The number of amides is 1. The maximum Gasteiger partial charge on any atom is 0.254 e. The van der Waals surface area contributed by atoms with Crippen molar-refractivity contribution in [3.05, 3.63) is 59.7 Å². The minimum Gasteiger partial charge on any atom is -0.493 e. The van der Waals surface area contributed by atoms with Gasteiger partial charge in [-0.1, -0.05) is 44.2 Å². The van der Waals surface area contributed by atoms with Gasteiger partial charge in [-0.05, 0) is 42.0 Å². The second-order valence-electron chi connectivity index (χ2n) is 7.30. The average molecular weight is 353 g/mol. The lowest BCUT2D eigenvalue weighted by Crippen LogP contribution is -2.42. The molecule has 0 saturated carbocycles. The third-order valence-electron chi connectivity index (χ3n) is 4.80. The molecule has 0 radical (unpaired) electrons. The Bertz CT molecular complexity index is 734. The number of ether oxygens (including phenoxy) is 2. The van der Waals surface area contributed by atoms with E-state index in [2.05, 4.69) is 13.8 Å². The fourth-order valence-corrected chi connectivity index (χ4v) is 3.67. The van der Waals surface area contributed by atoms with Crippen LogP contribution >= 0.6 is 0 Å². The van der Waals surface area contributed by atoms with Gasteiger partial charge in [-0.2, -0.15) is 0 Å². The molecule has 1 saturated heterocycles. The summed E-state index contributed by atoms with van der Waals surface area (Å²) in [5.74, 6) is 2.38. The number of carbonyl (C=O) groups excluding carboxylic acids is 1. The van der Waals surface area contributed by atoms with E-state index in [1.807, 2.05) is 47.4 Å². The Morgan fingerprint density at radius 2 is 1.73 bits per heavy atom. The molecule has 2 aromatic rings. The molecule has 138 valence electrons. The van der Waals surface area contributed by atoms with Crippen LogP contribution in [-0.2, 0) is 6.61 Å². The van der Waals surface area contributed by atoms with Crippen molar-refractivity contribution >= 4 is 5.91 Å². The first-order valence-corrected chi connectivity index (χ1v) is 9.21. The summed E-state index contributed by atoms with van der Waals surface area (Å²) in [6.45, 7) is 6.51. The Balaban J connectivity index is 1.72. The summed E-state index contributed by atoms with van der Waals surface area (Å²) in [5.41, 5.74) is 1.74. The summed E-state index contributed by atoms with van der Waals surface area (Å²) < 4.78 is 11.3. The minimum atomic E-state index is 0.0660. The molecule has 3 rings (SSSR count). The topological polar surface area (TPSA) is 38.8 Å². The first-order valence-electron chi connectivity index (χ1n) is 9.21. The number of likely N-dealkylation sites (tertiary alicyclic amines) is 1. The van der Waals surface area contributed by atoms with Gasteiger partial charge in [-0.3, -0.25) is 4.79 Å². The van der Waals surface area contributed by atoms with E-state index in [-0.39, 0.29) is 5.91 Å². The highest BCUT2D eigenvalue weighted by molar-refractivity contribution is 5.95. The molecule has 4 heteroatoms. The molecular formula is C22H27NO3. The lowest BCUT2D eigenvalue weighted by molar-refractivity contribution is 0.0622. The summed E-state index contributed by atoms with van der Waals surface area (Å²) in [5, 5.41) is 0. The van der Waals surface area contributed by atoms with Crippen LogP contribution in [0.25, 0.3) is 0 Å². The fourth-order valence-electron chi connectivity index (χ4n) is 3.67. The lowest BCUT2D eigenvalue weighted by atomic mass is 9.91. The average Bonchev–Trinajstić information content (AvgIpc) is 2.65. The molecule has 2 atom stereocenters. The predicted octanol–water partition coefficient (Wildman–Crippen LogP) is 4.39. The van der Waals surface area contributed by atoms with Crippen molar-refractivity contribution in [3.8, 4) is 11.5 Å². The van der Waals surface area contributed by atoms with E-state index in [0.29, 0.717) is 35.5 Å². The molecule has 0 aromatic heterocycles. The number of hydrogen-bond acceptors (Lipinski definition) is 3.